The van der Waals surface area contributed by atoms with Gasteiger partial charge in [-0.2, -0.15) is 0 Å². The Kier molecular flexibility index (Phi) is 4.07. The van der Waals surface area contributed by atoms with Gasteiger partial charge in [0.25, 0.3) is 0 Å². The lowest BCUT2D eigenvalue weighted by Gasteiger charge is -2.44. The second-order valence-electron chi connectivity index (χ2n) is 6.69. The van der Waals surface area contributed by atoms with Crippen molar-refractivity contribution in [3.05, 3.63) is 29.8 Å². The van der Waals surface area contributed by atoms with Crippen molar-refractivity contribution in [1.29, 1.82) is 0 Å². The summed E-state index contributed by atoms with van der Waals surface area (Å²) < 4.78 is 5.19. The van der Waals surface area contributed by atoms with E-state index in [1.165, 1.54) is 5.56 Å². The molecule has 1 saturated carbocycles. The van der Waals surface area contributed by atoms with Gasteiger partial charge in [0.2, 0.25) is 0 Å². The molecule has 1 aromatic carbocycles. The molecule has 1 aliphatic rings. The number of benzene rings is 1. The predicted octanol–water partition coefficient (Wildman–Crippen LogP) is 3.94. The number of carbonyl (C=O) groups is 1. The molecule has 0 unspecified atom stereocenters. The highest BCUT2D eigenvalue weighted by Gasteiger charge is 2.45. The van der Waals surface area contributed by atoms with Crippen LogP contribution < -0.4 is 4.74 Å². The van der Waals surface area contributed by atoms with Crippen molar-refractivity contribution in [3.63, 3.8) is 0 Å². The van der Waals surface area contributed by atoms with Gasteiger partial charge in [-0.15, -0.1) is 0 Å². The largest absolute Gasteiger partial charge is 0.497 e. The Labute approximate surface area is 121 Å². The minimum absolute atomic E-state index is 0.173. The molecular formula is C17H24O3. The van der Waals surface area contributed by atoms with Gasteiger partial charge in [-0.3, -0.25) is 4.79 Å². The number of hydrogen-bond donors (Lipinski definition) is 1. The summed E-state index contributed by atoms with van der Waals surface area (Å²) in [5, 5.41) is 9.45. The lowest BCUT2D eigenvalue weighted by Crippen LogP contribution is -2.41. The Bertz CT molecular complexity index is 476. The molecule has 0 saturated heterocycles. The van der Waals surface area contributed by atoms with Crippen LogP contribution >= 0.6 is 0 Å². The molecule has 1 aromatic rings. The monoisotopic (exact) mass is 276 g/mol. The number of hydrogen-bond acceptors (Lipinski definition) is 2. The first-order valence-electron chi connectivity index (χ1n) is 7.22. The third-order valence-corrected chi connectivity index (χ3v) is 4.69. The molecule has 0 radical (unpaired) electrons. The van der Waals surface area contributed by atoms with Crippen molar-refractivity contribution in [3.8, 4) is 5.75 Å². The van der Waals surface area contributed by atoms with Crippen molar-refractivity contribution < 1.29 is 14.6 Å². The zero-order chi connectivity index (χ0) is 14.9. The number of carboxylic acids is 1. The molecule has 3 heteroatoms. The number of rotatable bonds is 3. The standard InChI is InChI=1S/C17H24O3/c1-11-9-13(10-17(2,3)15(11)16(18)19)12-5-7-14(20-4)8-6-12/h5-8,11,13,15H,9-10H2,1-4H3,(H,18,19)/t11-,13+,15+/m0/s1. The van der Waals surface area contributed by atoms with Crippen LogP contribution in [0.25, 0.3) is 0 Å². The molecule has 110 valence electrons. The Morgan fingerprint density at radius 1 is 1.30 bits per heavy atom. The lowest BCUT2D eigenvalue weighted by molar-refractivity contribution is -0.151. The third kappa shape index (κ3) is 2.82. The molecule has 2 rings (SSSR count). The second kappa shape index (κ2) is 5.47. The van der Waals surface area contributed by atoms with Crippen LogP contribution in [-0.2, 0) is 4.79 Å². The molecule has 20 heavy (non-hydrogen) atoms. The van der Waals surface area contributed by atoms with E-state index in [1.54, 1.807) is 7.11 Å². The molecular weight excluding hydrogens is 252 g/mol. The van der Waals surface area contributed by atoms with Crippen molar-refractivity contribution in [1.82, 2.24) is 0 Å². The number of methoxy groups -OCH3 is 1. The highest BCUT2D eigenvalue weighted by atomic mass is 16.5. The van der Waals surface area contributed by atoms with Crippen LogP contribution in [0.5, 0.6) is 5.75 Å². The quantitative estimate of drug-likeness (QED) is 0.909. The van der Waals surface area contributed by atoms with E-state index in [9.17, 15) is 9.90 Å². The average molecular weight is 276 g/mol. The Morgan fingerprint density at radius 3 is 2.35 bits per heavy atom. The zero-order valence-electron chi connectivity index (χ0n) is 12.7. The van der Waals surface area contributed by atoms with Crippen LogP contribution in [0.15, 0.2) is 24.3 Å². The van der Waals surface area contributed by atoms with Crippen LogP contribution in [0.4, 0.5) is 0 Å². The van der Waals surface area contributed by atoms with E-state index in [1.807, 2.05) is 12.1 Å². The van der Waals surface area contributed by atoms with Gasteiger partial charge in [0.1, 0.15) is 5.75 Å². The van der Waals surface area contributed by atoms with Crippen LogP contribution in [0.1, 0.15) is 45.1 Å². The van der Waals surface area contributed by atoms with Gasteiger partial charge in [-0.05, 0) is 47.8 Å². The van der Waals surface area contributed by atoms with E-state index in [2.05, 4.69) is 32.9 Å². The maximum Gasteiger partial charge on any atom is 0.307 e. The lowest BCUT2D eigenvalue weighted by atomic mass is 9.59. The molecule has 0 spiro atoms. The minimum atomic E-state index is -0.657. The van der Waals surface area contributed by atoms with Gasteiger partial charge < -0.3 is 9.84 Å². The van der Waals surface area contributed by atoms with Crippen molar-refractivity contribution in [2.75, 3.05) is 7.11 Å². The van der Waals surface area contributed by atoms with E-state index in [0.717, 1.165) is 18.6 Å². The maximum absolute atomic E-state index is 11.5. The van der Waals surface area contributed by atoms with Crippen molar-refractivity contribution >= 4 is 5.97 Å². The van der Waals surface area contributed by atoms with Crippen LogP contribution in [-0.4, -0.2) is 18.2 Å². The Hall–Kier alpha value is -1.51. The van der Waals surface area contributed by atoms with Gasteiger partial charge in [0, 0.05) is 0 Å². The fourth-order valence-corrected chi connectivity index (χ4v) is 3.91. The molecule has 0 aromatic heterocycles. The Morgan fingerprint density at radius 2 is 1.90 bits per heavy atom. The van der Waals surface area contributed by atoms with E-state index >= 15 is 0 Å². The molecule has 3 atom stereocenters. The first kappa shape index (κ1) is 14.9. The fraction of sp³-hybridized carbons (Fsp3) is 0.588. The summed E-state index contributed by atoms with van der Waals surface area (Å²) in [6.07, 6.45) is 1.85. The van der Waals surface area contributed by atoms with Crippen molar-refractivity contribution in [2.45, 2.75) is 39.5 Å². The zero-order valence-corrected chi connectivity index (χ0v) is 12.7. The average Bonchev–Trinajstić information content (AvgIpc) is 2.36. The maximum atomic E-state index is 11.5. The molecule has 0 heterocycles. The minimum Gasteiger partial charge on any atom is -0.497 e. The fourth-order valence-electron chi connectivity index (χ4n) is 3.91. The summed E-state index contributed by atoms with van der Waals surface area (Å²) in [5.74, 6) is 0.581. The molecule has 0 bridgehead atoms. The van der Waals surface area contributed by atoms with E-state index in [-0.39, 0.29) is 17.3 Å². The molecule has 1 N–H and O–H groups in total. The predicted molar refractivity (Wildman–Crippen MR) is 79.0 cm³/mol. The summed E-state index contributed by atoms with van der Waals surface area (Å²) in [6.45, 7) is 6.23. The van der Waals surface area contributed by atoms with Crippen LogP contribution in [0.2, 0.25) is 0 Å². The van der Waals surface area contributed by atoms with E-state index in [0.29, 0.717) is 5.92 Å². The van der Waals surface area contributed by atoms with Gasteiger partial charge in [-0.25, -0.2) is 0 Å². The van der Waals surface area contributed by atoms with Crippen molar-refractivity contribution in [2.24, 2.45) is 17.3 Å². The second-order valence-corrected chi connectivity index (χ2v) is 6.69. The van der Waals surface area contributed by atoms with E-state index < -0.39 is 5.97 Å². The summed E-state index contributed by atoms with van der Waals surface area (Å²) in [4.78, 5) is 11.5. The normalized spacial score (nSPS) is 28.9. The van der Waals surface area contributed by atoms with Gasteiger partial charge >= 0.3 is 5.97 Å². The summed E-state index contributed by atoms with van der Waals surface area (Å²) in [7, 11) is 1.66. The number of carboxylic acid groups (broad SMARTS) is 1. The number of ether oxygens (including phenoxy) is 1. The first-order valence-corrected chi connectivity index (χ1v) is 7.22. The van der Waals surface area contributed by atoms with Crippen LogP contribution in [0, 0.1) is 17.3 Å². The van der Waals surface area contributed by atoms with Gasteiger partial charge in [0.15, 0.2) is 0 Å². The van der Waals surface area contributed by atoms with Gasteiger partial charge in [-0.1, -0.05) is 32.9 Å². The smallest absolute Gasteiger partial charge is 0.307 e. The third-order valence-electron chi connectivity index (χ3n) is 4.69. The first-order chi connectivity index (χ1) is 9.35. The number of aliphatic carboxylic acids is 1. The SMILES string of the molecule is COc1ccc([C@@H]2C[C@H](C)[C@H](C(=O)O)C(C)(C)C2)cc1. The highest BCUT2D eigenvalue weighted by molar-refractivity contribution is 5.71. The molecule has 0 amide bonds. The summed E-state index contributed by atoms with van der Waals surface area (Å²) >= 11 is 0. The van der Waals surface area contributed by atoms with E-state index in [4.69, 9.17) is 4.74 Å². The molecule has 3 nitrogen and oxygen atoms in total. The summed E-state index contributed by atoms with van der Waals surface area (Å²) in [6, 6.07) is 8.17. The molecule has 1 aliphatic carbocycles. The topological polar surface area (TPSA) is 46.5 Å². The molecule has 0 aliphatic heterocycles. The summed E-state index contributed by atoms with van der Waals surface area (Å²) in [5.41, 5.74) is 1.11. The van der Waals surface area contributed by atoms with Crippen LogP contribution in [0.3, 0.4) is 0 Å². The molecule has 1 fully saturated rings. The van der Waals surface area contributed by atoms with Gasteiger partial charge in [0.05, 0.1) is 13.0 Å². The Balaban J connectivity index is 2.21. The highest BCUT2D eigenvalue weighted by Crippen LogP contribution is 2.50.